The van der Waals surface area contributed by atoms with Gasteiger partial charge in [0, 0.05) is 13.3 Å². The van der Waals surface area contributed by atoms with Gasteiger partial charge in [0.1, 0.15) is 0 Å². The van der Waals surface area contributed by atoms with Gasteiger partial charge in [-0.05, 0) is 6.08 Å². The van der Waals surface area contributed by atoms with Crippen LogP contribution in [-0.2, 0) is 0 Å². The van der Waals surface area contributed by atoms with Gasteiger partial charge in [-0.1, -0.05) is 6.58 Å². The van der Waals surface area contributed by atoms with Gasteiger partial charge in [-0.2, -0.15) is 0 Å². The van der Waals surface area contributed by atoms with Crippen molar-refractivity contribution in [2.75, 3.05) is 7.05 Å². The van der Waals surface area contributed by atoms with E-state index in [1.54, 1.807) is 19.3 Å². The Labute approximate surface area is 63.7 Å². The number of H-pyrrole nitrogens is 2. The molecule has 2 N–H and O–H groups in total. The number of nitrogens with one attached hydrogen (secondary N) is 2. The molecule has 58 valence electrons. The van der Waals surface area contributed by atoms with Crippen molar-refractivity contribution in [1.82, 2.24) is 9.97 Å². The Morgan fingerprint density at radius 3 is 2.64 bits per heavy atom. The summed E-state index contributed by atoms with van der Waals surface area (Å²) in [7, 11) is 1.64. The first-order valence-electron chi connectivity index (χ1n) is 3.15. The van der Waals surface area contributed by atoms with Crippen molar-refractivity contribution in [2.24, 2.45) is 4.99 Å². The van der Waals surface area contributed by atoms with Crippen LogP contribution in [0.25, 0.3) is 6.08 Å². The Bertz CT molecular complexity index is 332. The number of aromatic amines is 2. The molecule has 0 aliphatic carbocycles. The largest absolute Gasteiger partial charge is 0.323 e. The van der Waals surface area contributed by atoms with Gasteiger partial charge in [0.15, 0.2) is 0 Å². The first kappa shape index (κ1) is 7.53. The zero-order valence-corrected chi connectivity index (χ0v) is 6.22. The number of imidazole rings is 1. The Hall–Kier alpha value is -1.58. The third kappa shape index (κ3) is 1.46. The van der Waals surface area contributed by atoms with E-state index in [9.17, 15) is 4.79 Å². The van der Waals surface area contributed by atoms with Gasteiger partial charge in [-0.25, -0.2) is 4.79 Å². The minimum Gasteiger partial charge on any atom is -0.306 e. The van der Waals surface area contributed by atoms with Crippen LogP contribution in [-0.4, -0.2) is 23.2 Å². The van der Waals surface area contributed by atoms with Gasteiger partial charge in [0.05, 0.1) is 11.4 Å². The summed E-state index contributed by atoms with van der Waals surface area (Å²) >= 11 is 0. The van der Waals surface area contributed by atoms with E-state index >= 15 is 0 Å². The highest BCUT2D eigenvalue weighted by molar-refractivity contribution is 5.81. The molecule has 0 bridgehead atoms. The summed E-state index contributed by atoms with van der Waals surface area (Å²) in [5.74, 6) is 0. The molecule has 0 radical (unpaired) electrons. The Morgan fingerprint density at radius 1 is 1.45 bits per heavy atom. The van der Waals surface area contributed by atoms with Crippen molar-refractivity contribution in [3.05, 3.63) is 28.5 Å². The highest BCUT2D eigenvalue weighted by atomic mass is 16.1. The summed E-state index contributed by atoms with van der Waals surface area (Å²) < 4.78 is 0. The maximum atomic E-state index is 10.7. The van der Waals surface area contributed by atoms with E-state index in [0.717, 1.165) is 0 Å². The predicted molar refractivity (Wildman–Crippen MR) is 45.0 cm³/mol. The molecule has 0 aliphatic heterocycles. The third-order valence-corrected chi connectivity index (χ3v) is 1.25. The van der Waals surface area contributed by atoms with Gasteiger partial charge in [-0.3, -0.25) is 4.99 Å². The molecule has 0 saturated carbocycles. The van der Waals surface area contributed by atoms with Crippen molar-refractivity contribution in [3.8, 4) is 0 Å². The molecule has 1 heterocycles. The molecule has 1 aromatic rings. The van der Waals surface area contributed by atoms with Crippen molar-refractivity contribution < 1.29 is 0 Å². The average molecular weight is 151 g/mol. The topological polar surface area (TPSA) is 61.0 Å². The van der Waals surface area contributed by atoms with Crippen LogP contribution in [0.5, 0.6) is 0 Å². The van der Waals surface area contributed by atoms with Gasteiger partial charge in [0.2, 0.25) is 0 Å². The minimum atomic E-state index is -0.241. The minimum absolute atomic E-state index is 0.241. The summed E-state index contributed by atoms with van der Waals surface area (Å²) in [5.41, 5.74) is 1.09. The van der Waals surface area contributed by atoms with Crippen molar-refractivity contribution in [3.63, 3.8) is 0 Å². The molecule has 4 heteroatoms. The molecular weight excluding hydrogens is 142 g/mol. The van der Waals surface area contributed by atoms with Gasteiger partial charge in [-0.15, -0.1) is 0 Å². The van der Waals surface area contributed by atoms with Gasteiger partial charge >= 0.3 is 5.69 Å². The second-order valence-corrected chi connectivity index (χ2v) is 2.00. The van der Waals surface area contributed by atoms with E-state index in [0.29, 0.717) is 11.4 Å². The molecule has 0 amide bonds. The van der Waals surface area contributed by atoms with Crippen LogP contribution in [0.1, 0.15) is 11.4 Å². The van der Waals surface area contributed by atoms with Crippen LogP contribution in [0.2, 0.25) is 0 Å². The molecule has 0 atom stereocenters. The SMILES string of the molecule is C=Cc1[nH]c(=O)[nH]c1C=NC. The van der Waals surface area contributed by atoms with Crippen LogP contribution in [0.15, 0.2) is 16.4 Å². The first-order chi connectivity index (χ1) is 5.27. The van der Waals surface area contributed by atoms with E-state index in [1.807, 2.05) is 0 Å². The summed E-state index contributed by atoms with van der Waals surface area (Å²) in [6.07, 6.45) is 3.13. The standard InChI is InChI=1S/C7H9N3O/c1-3-5-6(4-8-2)10-7(11)9-5/h3-4H,1H2,2H3,(H2,9,10,11). The third-order valence-electron chi connectivity index (χ3n) is 1.25. The van der Waals surface area contributed by atoms with E-state index in [-0.39, 0.29) is 5.69 Å². The predicted octanol–water partition coefficient (Wildman–Crippen LogP) is 0.395. The molecule has 11 heavy (non-hydrogen) atoms. The zero-order chi connectivity index (χ0) is 8.27. The molecule has 0 saturated heterocycles. The normalized spacial score (nSPS) is 10.6. The summed E-state index contributed by atoms with van der Waals surface area (Å²) in [6.45, 7) is 3.54. The van der Waals surface area contributed by atoms with Crippen molar-refractivity contribution in [1.29, 1.82) is 0 Å². The lowest BCUT2D eigenvalue weighted by Gasteiger charge is -1.85. The number of hydrogen-bond acceptors (Lipinski definition) is 2. The zero-order valence-electron chi connectivity index (χ0n) is 6.22. The van der Waals surface area contributed by atoms with Crippen LogP contribution < -0.4 is 5.69 Å². The summed E-state index contributed by atoms with van der Waals surface area (Å²) in [6, 6.07) is 0. The Balaban J connectivity index is 3.22. The van der Waals surface area contributed by atoms with E-state index in [1.165, 1.54) is 0 Å². The lowest BCUT2D eigenvalue weighted by Crippen LogP contribution is -2.00. The first-order valence-corrected chi connectivity index (χ1v) is 3.15. The fourth-order valence-corrected chi connectivity index (χ4v) is 0.802. The highest BCUT2D eigenvalue weighted by Gasteiger charge is 1.98. The molecule has 1 aromatic heterocycles. The van der Waals surface area contributed by atoms with Crippen LogP contribution in [0, 0.1) is 0 Å². The Kier molecular flexibility index (Phi) is 2.06. The van der Waals surface area contributed by atoms with Gasteiger partial charge < -0.3 is 9.97 Å². The van der Waals surface area contributed by atoms with Crippen molar-refractivity contribution >= 4 is 12.3 Å². The quantitative estimate of drug-likeness (QED) is 0.590. The fourth-order valence-electron chi connectivity index (χ4n) is 0.802. The molecular formula is C7H9N3O. The highest BCUT2D eigenvalue weighted by Crippen LogP contribution is 1.96. The number of aromatic nitrogens is 2. The average Bonchev–Trinajstić information content (AvgIpc) is 2.32. The smallest absolute Gasteiger partial charge is 0.306 e. The maximum Gasteiger partial charge on any atom is 0.323 e. The number of aliphatic imine (C=N–C) groups is 1. The summed E-state index contributed by atoms with van der Waals surface area (Å²) in [4.78, 5) is 19.6. The molecule has 0 aromatic carbocycles. The van der Waals surface area contributed by atoms with Crippen LogP contribution in [0.3, 0.4) is 0 Å². The molecule has 0 aliphatic rings. The number of nitrogens with zero attached hydrogens (tertiary/aromatic N) is 1. The lowest BCUT2D eigenvalue weighted by molar-refractivity contribution is 1.18. The lowest BCUT2D eigenvalue weighted by atomic mass is 10.3. The molecule has 0 unspecified atom stereocenters. The van der Waals surface area contributed by atoms with Crippen LogP contribution in [0.4, 0.5) is 0 Å². The number of hydrogen-bond donors (Lipinski definition) is 2. The molecule has 1 rings (SSSR count). The summed E-state index contributed by atoms with van der Waals surface area (Å²) in [5, 5.41) is 0. The fraction of sp³-hybridized carbons (Fsp3) is 0.143. The van der Waals surface area contributed by atoms with Crippen molar-refractivity contribution in [2.45, 2.75) is 0 Å². The van der Waals surface area contributed by atoms with E-state index < -0.39 is 0 Å². The number of rotatable bonds is 2. The molecule has 4 nitrogen and oxygen atoms in total. The molecule has 0 fully saturated rings. The maximum absolute atomic E-state index is 10.7. The monoisotopic (exact) mass is 151 g/mol. The van der Waals surface area contributed by atoms with E-state index in [2.05, 4.69) is 21.5 Å². The molecule has 0 spiro atoms. The second-order valence-electron chi connectivity index (χ2n) is 2.00. The van der Waals surface area contributed by atoms with Gasteiger partial charge in [0.25, 0.3) is 0 Å². The Morgan fingerprint density at radius 2 is 2.09 bits per heavy atom. The van der Waals surface area contributed by atoms with E-state index in [4.69, 9.17) is 0 Å². The van der Waals surface area contributed by atoms with Crippen LogP contribution >= 0.6 is 0 Å². The second kappa shape index (κ2) is 3.01.